The van der Waals surface area contributed by atoms with Crippen molar-refractivity contribution in [2.24, 2.45) is 0 Å². The van der Waals surface area contributed by atoms with Gasteiger partial charge < -0.3 is 4.90 Å². The molecule has 0 spiro atoms. The van der Waals surface area contributed by atoms with E-state index in [1.165, 1.54) is 18.5 Å². The van der Waals surface area contributed by atoms with E-state index in [2.05, 4.69) is 10.1 Å². The van der Waals surface area contributed by atoms with E-state index in [9.17, 15) is 9.18 Å². The molecular formula is C20H21FN4O. The number of aryl methyl sites for hydroxylation is 1. The lowest BCUT2D eigenvalue weighted by atomic mass is 10.1. The van der Waals surface area contributed by atoms with Crippen LogP contribution in [0.3, 0.4) is 0 Å². The second-order valence-electron chi connectivity index (χ2n) is 6.24. The maximum atomic E-state index is 12.9. The number of carbonyl (C=O) groups excluding carboxylic acids is 1. The maximum absolute atomic E-state index is 12.9. The number of benzene rings is 2. The average molecular weight is 352 g/mol. The number of nitrogens with zero attached hydrogens (tertiary/aromatic N) is 4. The smallest absolute Gasteiger partial charge is 0.223 e. The van der Waals surface area contributed by atoms with Gasteiger partial charge in [-0.25, -0.2) is 14.1 Å². The van der Waals surface area contributed by atoms with Gasteiger partial charge in [0.1, 0.15) is 18.5 Å². The molecule has 0 bridgehead atoms. The number of carbonyl (C=O) groups is 1. The van der Waals surface area contributed by atoms with Crippen LogP contribution in [-0.2, 0) is 11.2 Å². The van der Waals surface area contributed by atoms with Crippen molar-refractivity contribution >= 4 is 5.91 Å². The van der Waals surface area contributed by atoms with Gasteiger partial charge in [-0.3, -0.25) is 4.79 Å². The average Bonchev–Trinajstić information content (AvgIpc) is 3.21. The Morgan fingerprint density at radius 1 is 1.15 bits per heavy atom. The summed E-state index contributed by atoms with van der Waals surface area (Å²) in [5, 5.41) is 4.10. The third-order valence-electron chi connectivity index (χ3n) is 4.57. The molecule has 1 amide bonds. The molecule has 0 saturated heterocycles. The van der Waals surface area contributed by atoms with E-state index in [4.69, 9.17) is 0 Å². The first-order chi connectivity index (χ1) is 12.5. The predicted octanol–water partition coefficient (Wildman–Crippen LogP) is 3.56. The maximum Gasteiger partial charge on any atom is 0.223 e. The van der Waals surface area contributed by atoms with Crippen molar-refractivity contribution in [1.29, 1.82) is 0 Å². The van der Waals surface area contributed by atoms with Gasteiger partial charge >= 0.3 is 0 Å². The summed E-state index contributed by atoms with van der Waals surface area (Å²) < 4.78 is 14.6. The Labute approximate surface area is 152 Å². The van der Waals surface area contributed by atoms with Crippen LogP contribution < -0.4 is 0 Å². The monoisotopic (exact) mass is 352 g/mol. The molecule has 1 atom stereocenters. The summed E-state index contributed by atoms with van der Waals surface area (Å²) in [4.78, 5) is 18.2. The van der Waals surface area contributed by atoms with Gasteiger partial charge in [0.25, 0.3) is 0 Å². The molecule has 2 aromatic carbocycles. The molecular weight excluding hydrogens is 331 g/mol. The second kappa shape index (κ2) is 7.91. The standard InChI is InChI=1S/C20H21FN4O/c1-15(17-6-10-19(11-7-17)25-14-22-13-23-25)24(2)20(26)12-5-16-3-8-18(21)9-4-16/h3-4,6-11,13-15H,5,12H2,1-2H3/t15-/m1/s1. The third kappa shape index (κ3) is 4.14. The zero-order valence-electron chi connectivity index (χ0n) is 14.8. The SMILES string of the molecule is C[C@H](c1ccc(-n2cncn2)cc1)N(C)C(=O)CCc1ccc(F)cc1. The highest BCUT2D eigenvalue weighted by Gasteiger charge is 2.17. The molecule has 1 aromatic heterocycles. The van der Waals surface area contributed by atoms with E-state index in [1.54, 1.807) is 28.0 Å². The summed E-state index contributed by atoms with van der Waals surface area (Å²) in [6.07, 6.45) is 4.12. The van der Waals surface area contributed by atoms with Crippen molar-refractivity contribution < 1.29 is 9.18 Å². The topological polar surface area (TPSA) is 51.0 Å². The van der Waals surface area contributed by atoms with Gasteiger partial charge in [-0.1, -0.05) is 24.3 Å². The number of rotatable bonds is 6. The minimum Gasteiger partial charge on any atom is -0.339 e. The molecule has 5 nitrogen and oxygen atoms in total. The van der Waals surface area contributed by atoms with Gasteiger partial charge in [-0.15, -0.1) is 0 Å². The summed E-state index contributed by atoms with van der Waals surface area (Å²) in [7, 11) is 1.81. The van der Waals surface area contributed by atoms with Gasteiger partial charge in [0.2, 0.25) is 5.91 Å². The van der Waals surface area contributed by atoms with Crippen molar-refractivity contribution in [1.82, 2.24) is 19.7 Å². The van der Waals surface area contributed by atoms with E-state index in [0.717, 1.165) is 16.8 Å². The van der Waals surface area contributed by atoms with Crippen LogP contribution >= 0.6 is 0 Å². The van der Waals surface area contributed by atoms with E-state index in [-0.39, 0.29) is 17.8 Å². The van der Waals surface area contributed by atoms with Crippen LogP contribution in [0.1, 0.15) is 30.5 Å². The quantitative estimate of drug-likeness (QED) is 0.682. The Hall–Kier alpha value is -3.02. The number of aromatic nitrogens is 3. The molecule has 1 heterocycles. The van der Waals surface area contributed by atoms with Gasteiger partial charge in [0, 0.05) is 13.5 Å². The first-order valence-electron chi connectivity index (χ1n) is 8.49. The van der Waals surface area contributed by atoms with E-state index < -0.39 is 0 Å². The van der Waals surface area contributed by atoms with Crippen LogP contribution in [0.15, 0.2) is 61.2 Å². The summed E-state index contributed by atoms with van der Waals surface area (Å²) in [5.74, 6) is -0.206. The Morgan fingerprint density at radius 2 is 1.85 bits per heavy atom. The fourth-order valence-electron chi connectivity index (χ4n) is 2.77. The van der Waals surface area contributed by atoms with Crippen LogP contribution in [0.2, 0.25) is 0 Å². The molecule has 0 aliphatic heterocycles. The highest BCUT2D eigenvalue weighted by Crippen LogP contribution is 2.21. The molecule has 0 fully saturated rings. The minimum atomic E-state index is -0.264. The summed E-state index contributed by atoms with van der Waals surface area (Å²) in [6.45, 7) is 2.00. The molecule has 0 saturated carbocycles. The van der Waals surface area contributed by atoms with E-state index in [0.29, 0.717) is 12.8 Å². The molecule has 0 unspecified atom stereocenters. The Morgan fingerprint density at radius 3 is 2.46 bits per heavy atom. The van der Waals surface area contributed by atoms with Gasteiger partial charge in [-0.05, 0) is 48.7 Å². The Bertz CT molecular complexity index is 845. The number of halogens is 1. The lowest BCUT2D eigenvalue weighted by Gasteiger charge is -2.25. The zero-order valence-corrected chi connectivity index (χ0v) is 14.8. The Kier molecular flexibility index (Phi) is 5.41. The van der Waals surface area contributed by atoms with Crippen LogP contribution in [0.5, 0.6) is 0 Å². The molecule has 0 radical (unpaired) electrons. The van der Waals surface area contributed by atoms with E-state index >= 15 is 0 Å². The van der Waals surface area contributed by atoms with Crippen molar-refractivity contribution in [3.05, 3.63) is 78.1 Å². The van der Waals surface area contributed by atoms with Crippen LogP contribution in [0, 0.1) is 5.82 Å². The lowest BCUT2D eigenvalue weighted by Crippen LogP contribution is -2.29. The minimum absolute atomic E-state index is 0.0412. The Balaban J connectivity index is 1.60. The number of amides is 1. The van der Waals surface area contributed by atoms with Gasteiger partial charge in [-0.2, -0.15) is 5.10 Å². The van der Waals surface area contributed by atoms with Crippen LogP contribution in [0.25, 0.3) is 5.69 Å². The summed E-state index contributed by atoms with van der Waals surface area (Å²) >= 11 is 0. The van der Waals surface area contributed by atoms with Gasteiger partial charge in [0.05, 0.1) is 11.7 Å². The predicted molar refractivity (Wildman–Crippen MR) is 97.3 cm³/mol. The normalized spacial score (nSPS) is 12.0. The zero-order chi connectivity index (χ0) is 18.5. The van der Waals surface area contributed by atoms with Crippen molar-refractivity contribution in [3.8, 4) is 5.69 Å². The highest BCUT2D eigenvalue weighted by atomic mass is 19.1. The molecule has 3 rings (SSSR count). The number of hydrogen-bond donors (Lipinski definition) is 0. The molecule has 26 heavy (non-hydrogen) atoms. The van der Waals surface area contributed by atoms with Crippen molar-refractivity contribution in [3.63, 3.8) is 0 Å². The van der Waals surface area contributed by atoms with Gasteiger partial charge in [0.15, 0.2) is 0 Å². The summed E-state index contributed by atoms with van der Waals surface area (Å²) in [5.41, 5.74) is 2.92. The molecule has 3 aromatic rings. The fraction of sp³-hybridized carbons (Fsp3) is 0.250. The van der Waals surface area contributed by atoms with Crippen LogP contribution in [0.4, 0.5) is 4.39 Å². The van der Waals surface area contributed by atoms with Crippen LogP contribution in [-0.4, -0.2) is 32.6 Å². The first kappa shape index (κ1) is 17.8. The lowest BCUT2D eigenvalue weighted by molar-refractivity contribution is -0.131. The third-order valence-corrected chi connectivity index (χ3v) is 4.57. The highest BCUT2D eigenvalue weighted by molar-refractivity contribution is 5.76. The molecule has 0 aliphatic rings. The van der Waals surface area contributed by atoms with Crippen molar-refractivity contribution in [2.45, 2.75) is 25.8 Å². The fourth-order valence-corrected chi connectivity index (χ4v) is 2.77. The second-order valence-corrected chi connectivity index (χ2v) is 6.24. The molecule has 6 heteroatoms. The van der Waals surface area contributed by atoms with E-state index in [1.807, 2.05) is 38.2 Å². The molecule has 0 aliphatic carbocycles. The molecule has 134 valence electrons. The van der Waals surface area contributed by atoms with Crippen molar-refractivity contribution in [2.75, 3.05) is 7.05 Å². The largest absolute Gasteiger partial charge is 0.339 e. The number of hydrogen-bond acceptors (Lipinski definition) is 3. The summed E-state index contributed by atoms with van der Waals surface area (Å²) in [6, 6.07) is 14.1. The molecule has 0 N–H and O–H groups in total. The first-order valence-corrected chi connectivity index (χ1v) is 8.49.